The van der Waals surface area contributed by atoms with Crippen molar-refractivity contribution >= 4 is 11.8 Å². The van der Waals surface area contributed by atoms with E-state index in [9.17, 15) is 5.11 Å². The summed E-state index contributed by atoms with van der Waals surface area (Å²) < 4.78 is 0. The van der Waals surface area contributed by atoms with Gasteiger partial charge in [-0.3, -0.25) is 0 Å². The lowest BCUT2D eigenvalue weighted by atomic mass is 9.83. The third-order valence-corrected chi connectivity index (χ3v) is 5.43. The summed E-state index contributed by atoms with van der Waals surface area (Å²) in [6, 6.07) is 0.333. The predicted octanol–water partition coefficient (Wildman–Crippen LogP) is 2.79. The van der Waals surface area contributed by atoms with Crippen LogP contribution < -0.4 is 5.73 Å². The number of hydrogen-bond donors (Lipinski definition) is 2. The topological polar surface area (TPSA) is 46.2 Å². The Kier molecular flexibility index (Phi) is 6.16. The number of hydrogen-bond acceptors (Lipinski definition) is 3. The Labute approximate surface area is 104 Å². The largest absolute Gasteiger partial charge is 0.392 e. The second kappa shape index (κ2) is 6.87. The van der Waals surface area contributed by atoms with Crippen LogP contribution in [0.2, 0.25) is 0 Å². The Hall–Kier alpha value is 0.270. The normalized spacial score (nSPS) is 34.7. The van der Waals surface area contributed by atoms with Crippen molar-refractivity contribution in [1.82, 2.24) is 0 Å². The number of rotatable bonds is 5. The van der Waals surface area contributed by atoms with E-state index in [2.05, 4.69) is 13.8 Å². The first-order valence-electron chi connectivity index (χ1n) is 6.63. The zero-order valence-electron chi connectivity index (χ0n) is 10.9. The van der Waals surface area contributed by atoms with E-state index in [1.807, 2.05) is 18.7 Å². The van der Waals surface area contributed by atoms with E-state index in [0.717, 1.165) is 12.3 Å². The molecule has 1 aliphatic rings. The summed E-state index contributed by atoms with van der Waals surface area (Å²) in [6.45, 7) is 6.23. The van der Waals surface area contributed by atoms with Gasteiger partial charge in [-0.1, -0.05) is 26.7 Å². The van der Waals surface area contributed by atoms with E-state index >= 15 is 0 Å². The molecule has 1 fully saturated rings. The highest BCUT2D eigenvalue weighted by Gasteiger charge is 2.30. The van der Waals surface area contributed by atoms with Crippen LogP contribution in [-0.4, -0.2) is 27.8 Å². The van der Waals surface area contributed by atoms with E-state index in [1.165, 1.54) is 25.7 Å². The SMILES string of the molecule is CCCC1CCC(N)C(SC(C)C(C)O)C1. The molecule has 0 aromatic heterocycles. The molecule has 0 aliphatic heterocycles. The van der Waals surface area contributed by atoms with Crippen LogP contribution >= 0.6 is 11.8 Å². The van der Waals surface area contributed by atoms with Crippen LogP contribution in [0, 0.1) is 5.92 Å². The van der Waals surface area contributed by atoms with Gasteiger partial charge in [0.2, 0.25) is 0 Å². The maximum atomic E-state index is 9.55. The van der Waals surface area contributed by atoms with E-state index in [1.54, 1.807) is 0 Å². The van der Waals surface area contributed by atoms with E-state index < -0.39 is 0 Å². The summed E-state index contributed by atoms with van der Waals surface area (Å²) in [4.78, 5) is 0. The first kappa shape index (κ1) is 14.3. The first-order valence-corrected chi connectivity index (χ1v) is 7.58. The van der Waals surface area contributed by atoms with Gasteiger partial charge in [-0.2, -0.15) is 11.8 Å². The maximum absolute atomic E-state index is 9.55. The molecule has 0 bridgehead atoms. The monoisotopic (exact) mass is 245 g/mol. The van der Waals surface area contributed by atoms with Gasteiger partial charge in [0.15, 0.2) is 0 Å². The fourth-order valence-corrected chi connectivity index (χ4v) is 3.95. The molecule has 1 rings (SSSR count). The molecule has 1 aliphatic carbocycles. The van der Waals surface area contributed by atoms with Crippen LogP contribution in [0.1, 0.15) is 52.9 Å². The van der Waals surface area contributed by atoms with Gasteiger partial charge in [0.1, 0.15) is 0 Å². The molecule has 0 aromatic carbocycles. The van der Waals surface area contributed by atoms with E-state index in [4.69, 9.17) is 5.73 Å². The fraction of sp³-hybridized carbons (Fsp3) is 1.00. The maximum Gasteiger partial charge on any atom is 0.0628 e. The second-order valence-corrected chi connectivity index (χ2v) is 6.87. The standard InChI is InChI=1S/C13H27NOS/c1-4-5-11-6-7-12(14)13(8-11)16-10(3)9(2)15/h9-13,15H,4-8,14H2,1-3H3. The molecule has 0 amide bonds. The molecular formula is C13H27NOS. The van der Waals surface area contributed by atoms with Crippen LogP contribution in [0.5, 0.6) is 0 Å². The summed E-state index contributed by atoms with van der Waals surface area (Å²) >= 11 is 1.89. The summed E-state index contributed by atoms with van der Waals surface area (Å²) in [6.07, 6.45) is 6.10. The lowest BCUT2D eigenvalue weighted by Gasteiger charge is -2.35. The van der Waals surface area contributed by atoms with Gasteiger partial charge in [0.05, 0.1) is 6.10 Å². The highest BCUT2D eigenvalue weighted by atomic mass is 32.2. The Bertz CT molecular complexity index is 198. The average Bonchev–Trinajstić information content (AvgIpc) is 2.23. The Balaban J connectivity index is 2.43. The molecular weight excluding hydrogens is 218 g/mol. The molecule has 16 heavy (non-hydrogen) atoms. The van der Waals surface area contributed by atoms with Crippen molar-refractivity contribution in [1.29, 1.82) is 0 Å². The first-order chi connectivity index (χ1) is 7.54. The number of nitrogens with two attached hydrogens (primary N) is 1. The van der Waals surface area contributed by atoms with Crippen LogP contribution in [0.4, 0.5) is 0 Å². The average molecular weight is 245 g/mol. The molecule has 3 N–H and O–H groups in total. The van der Waals surface area contributed by atoms with E-state index in [0.29, 0.717) is 16.5 Å². The zero-order valence-corrected chi connectivity index (χ0v) is 11.7. The van der Waals surface area contributed by atoms with Crippen LogP contribution in [0.15, 0.2) is 0 Å². The zero-order chi connectivity index (χ0) is 12.1. The lowest BCUT2D eigenvalue weighted by Crippen LogP contribution is -2.40. The van der Waals surface area contributed by atoms with Crippen molar-refractivity contribution in [2.24, 2.45) is 11.7 Å². The van der Waals surface area contributed by atoms with Gasteiger partial charge in [-0.05, 0) is 32.1 Å². The Morgan fingerprint density at radius 3 is 2.62 bits per heavy atom. The highest BCUT2D eigenvalue weighted by molar-refractivity contribution is 8.00. The highest BCUT2D eigenvalue weighted by Crippen LogP contribution is 2.36. The predicted molar refractivity (Wildman–Crippen MR) is 72.7 cm³/mol. The van der Waals surface area contributed by atoms with Gasteiger partial charge in [0, 0.05) is 16.5 Å². The second-order valence-electron chi connectivity index (χ2n) is 5.25. The Morgan fingerprint density at radius 1 is 1.38 bits per heavy atom. The molecule has 0 radical (unpaired) electrons. The molecule has 1 saturated carbocycles. The molecule has 5 unspecified atom stereocenters. The van der Waals surface area contributed by atoms with Crippen molar-refractivity contribution in [3.8, 4) is 0 Å². The number of thioether (sulfide) groups is 1. The number of aliphatic hydroxyl groups excluding tert-OH is 1. The van der Waals surface area contributed by atoms with Gasteiger partial charge in [-0.25, -0.2) is 0 Å². The minimum absolute atomic E-state index is 0.233. The molecule has 0 spiro atoms. The smallest absolute Gasteiger partial charge is 0.0628 e. The number of aliphatic hydroxyl groups is 1. The van der Waals surface area contributed by atoms with Gasteiger partial charge < -0.3 is 10.8 Å². The summed E-state index contributed by atoms with van der Waals surface area (Å²) in [5.74, 6) is 0.864. The van der Waals surface area contributed by atoms with Crippen molar-refractivity contribution in [2.75, 3.05) is 0 Å². The molecule has 0 heterocycles. The lowest BCUT2D eigenvalue weighted by molar-refractivity contribution is 0.195. The van der Waals surface area contributed by atoms with Crippen LogP contribution in [-0.2, 0) is 0 Å². The van der Waals surface area contributed by atoms with Crippen molar-refractivity contribution in [3.05, 3.63) is 0 Å². The fourth-order valence-electron chi connectivity index (χ4n) is 2.45. The van der Waals surface area contributed by atoms with Crippen molar-refractivity contribution < 1.29 is 5.11 Å². The molecule has 5 atom stereocenters. The molecule has 0 aromatic rings. The van der Waals surface area contributed by atoms with Crippen LogP contribution in [0.25, 0.3) is 0 Å². The van der Waals surface area contributed by atoms with Gasteiger partial charge in [0.25, 0.3) is 0 Å². The molecule has 2 nitrogen and oxygen atoms in total. The third-order valence-electron chi connectivity index (χ3n) is 3.72. The summed E-state index contributed by atoms with van der Waals surface area (Å²) in [5.41, 5.74) is 6.18. The van der Waals surface area contributed by atoms with Crippen molar-refractivity contribution in [2.45, 2.75) is 75.5 Å². The van der Waals surface area contributed by atoms with Gasteiger partial charge >= 0.3 is 0 Å². The Morgan fingerprint density at radius 2 is 2.06 bits per heavy atom. The van der Waals surface area contributed by atoms with Gasteiger partial charge in [-0.15, -0.1) is 0 Å². The molecule has 96 valence electrons. The van der Waals surface area contributed by atoms with Crippen molar-refractivity contribution in [3.63, 3.8) is 0 Å². The van der Waals surface area contributed by atoms with Crippen LogP contribution in [0.3, 0.4) is 0 Å². The minimum atomic E-state index is -0.233. The van der Waals surface area contributed by atoms with E-state index in [-0.39, 0.29) is 6.10 Å². The quantitative estimate of drug-likeness (QED) is 0.783. The third kappa shape index (κ3) is 4.27. The summed E-state index contributed by atoms with van der Waals surface area (Å²) in [7, 11) is 0. The minimum Gasteiger partial charge on any atom is -0.392 e. The molecule has 3 heteroatoms. The summed E-state index contributed by atoms with van der Waals surface area (Å²) in [5, 5.41) is 10.4. The molecule has 0 saturated heterocycles.